The molecule has 0 aromatic carbocycles. The minimum atomic E-state index is 0.322. The Morgan fingerprint density at radius 3 is 2.47 bits per heavy atom. The molecule has 0 amide bonds. The quantitative estimate of drug-likeness (QED) is 0.718. The minimum absolute atomic E-state index is 0.322. The summed E-state index contributed by atoms with van der Waals surface area (Å²) in [5.41, 5.74) is 0.537. The van der Waals surface area contributed by atoms with Crippen molar-refractivity contribution in [3.05, 3.63) is 0 Å². The lowest BCUT2D eigenvalue weighted by molar-refractivity contribution is -0.123. The van der Waals surface area contributed by atoms with Crippen molar-refractivity contribution in [3.63, 3.8) is 0 Å². The van der Waals surface area contributed by atoms with Crippen molar-refractivity contribution in [2.75, 3.05) is 13.6 Å². The first-order valence-electron chi connectivity index (χ1n) is 8.21. The van der Waals surface area contributed by atoms with Crippen molar-refractivity contribution in [1.29, 1.82) is 0 Å². The van der Waals surface area contributed by atoms with Gasteiger partial charge in [-0.25, -0.2) is 0 Å². The third-order valence-corrected chi connectivity index (χ3v) is 5.37. The average Bonchev–Trinajstić information content (AvgIpc) is 2.55. The van der Waals surface area contributed by atoms with Gasteiger partial charge in [0.15, 0.2) is 0 Å². The molecule has 0 aliphatic heterocycles. The summed E-state index contributed by atoms with van der Waals surface area (Å²) in [6.07, 6.45) is 10.9. The molecule has 2 fully saturated rings. The summed E-state index contributed by atoms with van der Waals surface area (Å²) >= 11 is 0. The van der Waals surface area contributed by atoms with Crippen LogP contribution in [-0.4, -0.2) is 30.3 Å². The predicted octanol–water partition coefficient (Wildman–Crippen LogP) is 4.04. The van der Waals surface area contributed by atoms with Gasteiger partial charge in [-0.1, -0.05) is 26.7 Å². The van der Waals surface area contributed by atoms with Gasteiger partial charge >= 0.3 is 0 Å². The first kappa shape index (κ1) is 15.0. The molecule has 2 nitrogen and oxygen atoms in total. The Hall–Kier alpha value is -0.370. The molecule has 0 spiro atoms. The lowest BCUT2D eigenvalue weighted by Crippen LogP contribution is -2.41. The lowest BCUT2D eigenvalue weighted by Gasteiger charge is -2.39. The Labute approximate surface area is 118 Å². The van der Waals surface area contributed by atoms with E-state index in [1.807, 2.05) is 0 Å². The lowest BCUT2D eigenvalue weighted by atomic mass is 9.75. The van der Waals surface area contributed by atoms with E-state index in [-0.39, 0.29) is 0 Å². The Morgan fingerprint density at radius 1 is 1.11 bits per heavy atom. The standard InChI is InChI=1S/C17H31NO/c1-17(2)11-9-15(10-12-17)18(3)13-14-7-5-4-6-8-16(14)19/h14-15H,4-13H2,1-3H3. The molecule has 2 heteroatoms. The Balaban J connectivity index is 1.83. The number of Topliss-reactive ketones (excluding diaryl/α,β-unsaturated/α-hetero) is 1. The van der Waals surface area contributed by atoms with Gasteiger partial charge in [-0.2, -0.15) is 0 Å². The van der Waals surface area contributed by atoms with Crippen molar-refractivity contribution in [2.24, 2.45) is 11.3 Å². The highest BCUT2D eigenvalue weighted by Gasteiger charge is 2.30. The molecule has 0 heterocycles. The number of nitrogens with zero attached hydrogens (tertiary/aromatic N) is 1. The fourth-order valence-corrected chi connectivity index (χ4v) is 3.75. The molecule has 2 aliphatic rings. The third kappa shape index (κ3) is 4.30. The molecule has 0 N–H and O–H groups in total. The van der Waals surface area contributed by atoms with Gasteiger partial charge in [0.2, 0.25) is 0 Å². The van der Waals surface area contributed by atoms with Crippen LogP contribution in [0, 0.1) is 11.3 Å². The summed E-state index contributed by atoms with van der Waals surface area (Å²) in [5, 5.41) is 0. The van der Waals surface area contributed by atoms with Gasteiger partial charge in [-0.05, 0) is 51.0 Å². The topological polar surface area (TPSA) is 20.3 Å². The zero-order chi connectivity index (χ0) is 13.9. The number of rotatable bonds is 3. The smallest absolute Gasteiger partial charge is 0.137 e. The van der Waals surface area contributed by atoms with Gasteiger partial charge in [0, 0.05) is 24.9 Å². The fourth-order valence-electron chi connectivity index (χ4n) is 3.75. The number of ketones is 1. The van der Waals surface area contributed by atoms with Crippen molar-refractivity contribution in [3.8, 4) is 0 Å². The van der Waals surface area contributed by atoms with E-state index in [1.54, 1.807) is 0 Å². The molecule has 0 aromatic rings. The van der Waals surface area contributed by atoms with E-state index < -0.39 is 0 Å². The Bertz CT molecular complexity index is 300. The van der Waals surface area contributed by atoms with Gasteiger partial charge in [0.1, 0.15) is 5.78 Å². The van der Waals surface area contributed by atoms with E-state index in [0.29, 0.717) is 23.2 Å². The van der Waals surface area contributed by atoms with E-state index in [1.165, 1.54) is 38.5 Å². The SMILES string of the molecule is CN(CC1CCCCCC1=O)C1CCC(C)(C)CC1. The molecule has 19 heavy (non-hydrogen) atoms. The van der Waals surface area contributed by atoms with Gasteiger partial charge < -0.3 is 4.90 Å². The Morgan fingerprint density at radius 2 is 1.79 bits per heavy atom. The van der Waals surface area contributed by atoms with Crippen LogP contribution in [0.25, 0.3) is 0 Å². The zero-order valence-electron chi connectivity index (χ0n) is 13.1. The molecule has 0 aromatic heterocycles. The van der Waals surface area contributed by atoms with Gasteiger partial charge in [-0.3, -0.25) is 4.79 Å². The average molecular weight is 265 g/mol. The summed E-state index contributed by atoms with van der Waals surface area (Å²) in [6.45, 7) is 5.78. The normalized spacial score (nSPS) is 29.5. The summed E-state index contributed by atoms with van der Waals surface area (Å²) in [6, 6.07) is 0.712. The Kier molecular flexibility index (Phi) is 5.05. The highest BCUT2D eigenvalue weighted by atomic mass is 16.1. The van der Waals surface area contributed by atoms with Crippen LogP contribution in [0.15, 0.2) is 0 Å². The maximum absolute atomic E-state index is 12.1. The molecule has 2 aliphatic carbocycles. The van der Waals surface area contributed by atoms with Gasteiger partial charge in [0.05, 0.1) is 0 Å². The van der Waals surface area contributed by atoms with Crippen molar-refractivity contribution < 1.29 is 4.79 Å². The molecule has 2 rings (SSSR count). The highest BCUT2D eigenvalue weighted by Crippen LogP contribution is 2.37. The summed E-state index contributed by atoms with van der Waals surface area (Å²) in [5.74, 6) is 0.850. The molecule has 1 atom stereocenters. The van der Waals surface area contributed by atoms with E-state index in [4.69, 9.17) is 0 Å². The number of hydrogen-bond acceptors (Lipinski definition) is 2. The van der Waals surface area contributed by atoms with Crippen LogP contribution < -0.4 is 0 Å². The first-order chi connectivity index (χ1) is 8.98. The first-order valence-corrected chi connectivity index (χ1v) is 8.21. The summed E-state index contributed by atoms with van der Waals surface area (Å²) in [7, 11) is 2.24. The second-order valence-electron chi connectivity index (χ2n) is 7.60. The molecule has 0 saturated heterocycles. The highest BCUT2D eigenvalue weighted by molar-refractivity contribution is 5.81. The monoisotopic (exact) mass is 265 g/mol. The van der Waals surface area contributed by atoms with Crippen LogP contribution in [-0.2, 0) is 4.79 Å². The van der Waals surface area contributed by atoms with Crippen molar-refractivity contribution >= 4 is 5.78 Å². The molecule has 110 valence electrons. The van der Waals surface area contributed by atoms with Gasteiger partial charge in [0.25, 0.3) is 0 Å². The molecule has 1 unspecified atom stereocenters. The summed E-state index contributed by atoms with van der Waals surface area (Å²) < 4.78 is 0. The van der Waals surface area contributed by atoms with Crippen LogP contribution in [0.2, 0.25) is 0 Å². The second-order valence-corrected chi connectivity index (χ2v) is 7.60. The molecular formula is C17H31NO. The third-order valence-electron chi connectivity index (χ3n) is 5.37. The van der Waals surface area contributed by atoms with Crippen LogP contribution in [0.4, 0.5) is 0 Å². The summed E-state index contributed by atoms with van der Waals surface area (Å²) in [4.78, 5) is 14.6. The maximum Gasteiger partial charge on any atom is 0.137 e. The number of carbonyl (C=O) groups is 1. The van der Waals surface area contributed by atoms with E-state index >= 15 is 0 Å². The molecule has 0 bridgehead atoms. The van der Waals surface area contributed by atoms with E-state index in [2.05, 4.69) is 25.8 Å². The van der Waals surface area contributed by atoms with Crippen LogP contribution >= 0.6 is 0 Å². The van der Waals surface area contributed by atoms with E-state index in [9.17, 15) is 4.79 Å². The van der Waals surface area contributed by atoms with Crippen molar-refractivity contribution in [2.45, 2.75) is 77.7 Å². The zero-order valence-corrected chi connectivity index (χ0v) is 13.1. The molecule has 0 radical (unpaired) electrons. The van der Waals surface area contributed by atoms with Crippen molar-refractivity contribution in [1.82, 2.24) is 4.90 Å². The van der Waals surface area contributed by atoms with E-state index in [0.717, 1.165) is 25.8 Å². The fraction of sp³-hybridized carbons (Fsp3) is 0.941. The predicted molar refractivity (Wildman–Crippen MR) is 80.2 cm³/mol. The maximum atomic E-state index is 12.1. The molecular weight excluding hydrogens is 234 g/mol. The number of hydrogen-bond donors (Lipinski definition) is 0. The second kappa shape index (κ2) is 6.39. The van der Waals surface area contributed by atoms with Gasteiger partial charge in [-0.15, -0.1) is 0 Å². The van der Waals surface area contributed by atoms with Crippen LogP contribution in [0.1, 0.15) is 71.6 Å². The van der Waals surface area contributed by atoms with Crippen LogP contribution in [0.5, 0.6) is 0 Å². The molecule has 2 saturated carbocycles. The van der Waals surface area contributed by atoms with Crippen LogP contribution in [0.3, 0.4) is 0 Å². The minimum Gasteiger partial charge on any atom is -0.303 e. The number of carbonyl (C=O) groups excluding carboxylic acids is 1. The largest absolute Gasteiger partial charge is 0.303 e.